The lowest BCUT2D eigenvalue weighted by molar-refractivity contribution is -0.136. The van der Waals surface area contributed by atoms with Crippen LogP contribution in [-0.2, 0) is 0 Å². The van der Waals surface area contributed by atoms with Crippen molar-refractivity contribution in [3.8, 4) is 0 Å². The van der Waals surface area contributed by atoms with Crippen molar-refractivity contribution < 1.29 is 13.2 Å². The van der Waals surface area contributed by atoms with E-state index in [4.69, 9.17) is 5.73 Å². The Balaban J connectivity index is 0.00000196. The highest BCUT2D eigenvalue weighted by molar-refractivity contribution is 9.10. The lowest BCUT2D eigenvalue weighted by Gasteiger charge is -2.12. The first-order chi connectivity index (χ1) is 6.40. The van der Waals surface area contributed by atoms with Gasteiger partial charge in [-0.25, -0.2) is 0 Å². The fourth-order valence-corrected chi connectivity index (χ4v) is 2.73. The molecule has 1 heterocycles. The van der Waals surface area contributed by atoms with E-state index in [1.54, 1.807) is 11.4 Å². The Morgan fingerprint density at radius 1 is 1.47 bits per heavy atom. The molecule has 0 aliphatic heterocycles. The van der Waals surface area contributed by atoms with Crippen molar-refractivity contribution in [2.24, 2.45) is 5.73 Å². The van der Waals surface area contributed by atoms with Crippen LogP contribution in [0.25, 0.3) is 0 Å². The molecule has 0 bridgehead atoms. The topological polar surface area (TPSA) is 26.0 Å². The van der Waals surface area contributed by atoms with Crippen LogP contribution in [0, 0.1) is 0 Å². The van der Waals surface area contributed by atoms with Crippen molar-refractivity contribution in [2.45, 2.75) is 25.1 Å². The normalized spacial score (nSPS) is 13.4. The molecule has 88 valence electrons. The Bertz CT molecular complexity index is 302. The van der Waals surface area contributed by atoms with Gasteiger partial charge >= 0.3 is 6.18 Å². The second-order valence-corrected chi connectivity index (χ2v) is 4.70. The number of rotatable bonds is 3. The standard InChI is InChI=1S/C8H9BrF3NS.ClH/c9-5-2-4-14-7(5)6(13)1-3-8(10,11)12;/h2,4,6H,1,3,13H2;1H/t6-;/m1./s1. The van der Waals surface area contributed by atoms with E-state index in [-0.39, 0.29) is 18.8 Å². The van der Waals surface area contributed by atoms with Crippen LogP contribution in [-0.4, -0.2) is 6.18 Å². The Morgan fingerprint density at radius 2 is 2.07 bits per heavy atom. The van der Waals surface area contributed by atoms with Crippen LogP contribution >= 0.6 is 39.7 Å². The predicted octanol–water partition coefficient (Wildman–Crippen LogP) is 4.27. The molecule has 0 fully saturated rings. The van der Waals surface area contributed by atoms with E-state index in [2.05, 4.69) is 15.9 Å². The summed E-state index contributed by atoms with van der Waals surface area (Å²) in [6.45, 7) is 0. The minimum absolute atomic E-state index is 0. The first-order valence-corrected chi connectivity index (χ1v) is 5.62. The molecule has 0 radical (unpaired) electrons. The molecule has 1 aromatic rings. The van der Waals surface area contributed by atoms with Crippen LogP contribution in [0.5, 0.6) is 0 Å². The van der Waals surface area contributed by atoms with E-state index in [0.29, 0.717) is 0 Å². The Labute approximate surface area is 104 Å². The second kappa shape index (κ2) is 6.08. The maximum atomic E-state index is 11.9. The van der Waals surface area contributed by atoms with Gasteiger partial charge in [-0.1, -0.05) is 0 Å². The van der Waals surface area contributed by atoms with Crippen molar-refractivity contribution in [3.63, 3.8) is 0 Å². The fourth-order valence-electron chi connectivity index (χ4n) is 1.02. The summed E-state index contributed by atoms with van der Waals surface area (Å²) in [6, 6.07) is 1.25. The average molecular weight is 325 g/mol. The first kappa shape index (κ1) is 15.2. The van der Waals surface area contributed by atoms with Gasteiger partial charge in [-0.05, 0) is 33.8 Å². The maximum absolute atomic E-state index is 11.9. The average Bonchev–Trinajstić information content (AvgIpc) is 2.46. The molecular weight excluding hydrogens is 315 g/mol. The Kier molecular flexibility index (Phi) is 6.17. The summed E-state index contributed by atoms with van der Waals surface area (Å²) in [5.74, 6) is 0. The molecule has 0 aromatic carbocycles. The fraction of sp³-hybridized carbons (Fsp3) is 0.500. The monoisotopic (exact) mass is 323 g/mol. The summed E-state index contributed by atoms with van der Waals surface area (Å²) in [5, 5.41) is 1.80. The highest BCUT2D eigenvalue weighted by atomic mass is 79.9. The summed E-state index contributed by atoms with van der Waals surface area (Å²) in [4.78, 5) is 0.772. The van der Waals surface area contributed by atoms with E-state index in [0.717, 1.165) is 9.35 Å². The van der Waals surface area contributed by atoms with Crippen molar-refractivity contribution in [1.82, 2.24) is 0 Å². The number of nitrogens with two attached hydrogens (primary N) is 1. The molecule has 0 amide bonds. The lowest BCUT2D eigenvalue weighted by atomic mass is 10.1. The van der Waals surface area contributed by atoms with Gasteiger partial charge in [0.05, 0.1) is 0 Å². The minimum atomic E-state index is -4.12. The van der Waals surface area contributed by atoms with E-state index in [1.807, 2.05) is 0 Å². The SMILES string of the molecule is Cl.N[C@H](CCC(F)(F)F)c1sccc1Br. The van der Waals surface area contributed by atoms with Crippen molar-refractivity contribution in [3.05, 3.63) is 20.8 Å². The van der Waals surface area contributed by atoms with Gasteiger partial charge in [0.1, 0.15) is 0 Å². The molecule has 0 aliphatic carbocycles. The van der Waals surface area contributed by atoms with Crippen LogP contribution in [0.15, 0.2) is 15.9 Å². The molecule has 1 rings (SSSR count). The highest BCUT2D eigenvalue weighted by Crippen LogP contribution is 2.32. The third-order valence-corrected chi connectivity index (χ3v) is 3.72. The summed E-state index contributed by atoms with van der Waals surface area (Å²) in [6.07, 6.45) is -5.03. The summed E-state index contributed by atoms with van der Waals surface area (Å²) in [5.41, 5.74) is 5.63. The number of hydrogen-bond donors (Lipinski definition) is 1. The van der Waals surface area contributed by atoms with Gasteiger partial charge in [0.25, 0.3) is 0 Å². The van der Waals surface area contributed by atoms with Crippen LogP contribution in [0.3, 0.4) is 0 Å². The number of halogens is 5. The summed E-state index contributed by atoms with van der Waals surface area (Å²) in [7, 11) is 0. The van der Waals surface area contributed by atoms with Crippen LogP contribution in [0.2, 0.25) is 0 Å². The van der Waals surface area contributed by atoms with Gasteiger partial charge in [0.2, 0.25) is 0 Å². The third-order valence-electron chi connectivity index (χ3n) is 1.72. The molecule has 7 heteroatoms. The van der Waals surface area contributed by atoms with Crippen molar-refractivity contribution in [2.75, 3.05) is 0 Å². The van der Waals surface area contributed by atoms with Gasteiger partial charge in [-0.3, -0.25) is 0 Å². The van der Waals surface area contributed by atoms with Crippen LogP contribution < -0.4 is 5.73 Å². The largest absolute Gasteiger partial charge is 0.389 e. The molecule has 0 spiro atoms. The number of hydrogen-bond acceptors (Lipinski definition) is 2. The number of alkyl halides is 3. The smallest absolute Gasteiger partial charge is 0.323 e. The first-order valence-electron chi connectivity index (χ1n) is 3.95. The third kappa shape index (κ3) is 5.19. The van der Waals surface area contributed by atoms with E-state index in [9.17, 15) is 13.2 Å². The van der Waals surface area contributed by atoms with E-state index >= 15 is 0 Å². The molecule has 0 saturated carbocycles. The zero-order chi connectivity index (χ0) is 10.8. The molecule has 2 N–H and O–H groups in total. The Morgan fingerprint density at radius 3 is 2.47 bits per heavy atom. The Hall–Kier alpha value is 0.220. The zero-order valence-electron chi connectivity index (χ0n) is 7.55. The van der Waals surface area contributed by atoms with Crippen LogP contribution in [0.4, 0.5) is 13.2 Å². The lowest BCUT2D eigenvalue weighted by Crippen LogP contribution is -2.15. The molecular formula is C8H10BrClF3NS. The predicted molar refractivity (Wildman–Crippen MR) is 61.5 cm³/mol. The quantitative estimate of drug-likeness (QED) is 0.882. The van der Waals surface area contributed by atoms with Gasteiger partial charge in [-0.2, -0.15) is 13.2 Å². The van der Waals surface area contributed by atoms with E-state index in [1.165, 1.54) is 11.3 Å². The van der Waals surface area contributed by atoms with Gasteiger partial charge in [-0.15, -0.1) is 23.7 Å². The molecule has 1 aromatic heterocycles. The molecule has 0 unspecified atom stereocenters. The molecule has 0 aliphatic rings. The van der Waals surface area contributed by atoms with Gasteiger partial charge in [0.15, 0.2) is 0 Å². The molecule has 0 saturated heterocycles. The van der Waals surface area contributed by atoms with Crippen molar-refractivity contribution in [1.29, 1.82) is 0 Å². The van der Waals surface area contributed by atoms with Crippen LogP contribution in [0.1, 0.15) is 23.8 Å². The van der Waals surface area contributed by atoms with E-state index < -0.39 is 18.6 Å². The second-order valence-electron chi connectivity index (χ2n) is 2.89. The molecule has 1 nitrogen and oxygen atoms in total. The highest BCUT2D eigenvalue weighted by Gasteiger charge is 2.28. The number of thiophene rings is 1. The molecule has 1 atom stereocenters. The zero-order valence-corrected chi connectivity index (χ0v) is 10.8. The minimum Gasteiger partial charge on any atom is -0.323 e. The van der Waals surface area contributed by atoms with Crippen molar-refractivity contribution >= 4 is 39.7 Å². The molecule has 15 heavy (non-hydrogen) atoms. The summed E-state index contributed by atoms with van der Waals surface area (Å²) < 4.78 is 36.5. The van der Waals surface area contributed by atoms with Gasteiger partial charge in [0, 0.05) is 21.8 Å². The summed E-state index contributed by atoms with van der Waals surface area (Å²) >= 11 is 4.61. The maximum Gasteiger partial charge on any atom is 0.389 e. The van der Waals surface area contributed by atoms with Gasteiger partial charge < -0.3 is 5.73 Å².